The molecule has 19 heavy (non-hydrogen) atoms. The Morgan fingerprint density at radius 2 is 2.16 bits per heavy atom. The molecule has 0 aromatic heterocycles. The summed E-state index contributed by atoms with van der Waals surface area (Å²) in [4.78, 5) is 3.00. The van der Waals surface area contributed by atoms with Crippen LogP contribution in [0.25, 0.3) is 0 Å². The largest absolute Gasteiger partial charge is 0.491 e. The molecule has 1 rings (SSSR count). The number of piperidine rings is 1. The van der Waals surface area contributed by atoms with E-state index in [4.69, 9.17) is 4.74 Å². The van der Waals surface area contributed by atoms with E-state index in [1.54, 1.807) is 0 Å². The summed E-state index contributed by atoms with van der Waals surface area (Å²) in [6.45, 7) is 10.3. The number of halogens is 3. The van der Waals surface area contributed by atoms with Crippen molar-refractivity contribution in [1.29, 1.82) is 0 Å². The van der Waals surface area contributed by atoms with Crippen molar-refractivity contribution in [3.8, 4) is 0 Å². The monoisotopic (exact) mass is 276 g/mol. The molecule has 1 N–H and O–H groups in total. The zero-order valence-electron chi connectivity index (χ0n) is 11.0. The van der Waals surface area contributed by atoms with Crippen LogP contribution in [0.2, 0.25) is 0 Å². The highest BCUT2D eigenvalue weighted by Crippen LogP contribution is 2.30. The number of aliphatic imine (C=N–C) groups is 1. The fraction of sp³-hybridized carbons (Fsp3) is 0.615. The van der Waals surface area contributed by atoms with E-state index >= 15 is 0 Å². The number of rotatable bonds is 5. The summed E-state index contributed by atoms with van der Waals surface area (Å²) >= 11 is 0. The third-order valence-corrected chi connectivity index (χ3v) is 2.98. The molecule has 0 spiro atoms. The van der Waals surface area contributed by atoms with Crippen molar-refractivity contribution in [3.05, 3.63) is 24.1 Å². The lowest BCUT2D eigenvalue weighted by molar-refractivity contribution is -0.0958. The van der Waals surface area contributed by atoms with Crippen LogP contribution in [0.4, 0.5) is 13.2 Å². The second-order valence-corrected chi connectivity index (χ2v) is 4.75. The predicted octanol–water partition coefficient (Wildman–Crippen LogP) is 2.91. The Hall–Kier alpha value is -1.30. The van der Waals surface area contributed by atoms with Gasteiger partial charge in [-0.25, -0.2) is 0 Å². The predicted molar refractivity (Wildman–Crippen MR) is 68.9 cm³/mol. The molecule has 0 aliphatic carbocycles. The summed E-state index contributed by atoms with van der Waals surface area (Å²) in [5.74, 6) is 0.330. The Morgan fingerprint density at radius 3 is 2.63 bits per heavy atom. The highest BCUT2D eigenvalue weighted by atomic mass is 19.4. The summed E-state index contributed by atoms with van der Waals surface area (Å²) in [7, 11) is 0. The van der Waals surface area contributed by atoms with Crippen LogP contribution in [0.5, 0.6) is 0 Å². The maximum atomic E-state index is 12.7. The van der Waals surface area contributed by atoms with E-state index in [2.05, 4.69) is 30.5 Å². The summed E-state index contributed by atoms with van der Waals surface area (Å²) < 4.78 is 43.2. The second-order valence-electron chi connectivity index (χ2n) is 4.75. The Morgan fingerprint density at radius 1 is 1.47 bits per heavy atom. The summed E-state index contributed by atoms with van der Waals surface area (Å²) in [5.41, 5.74) is -1.13. The lowest BCUT2D eigenvalue weighted by atomic mass is 9.92. The van der Waals surface area contributed by atoms with Crippen molar-refractivity contribution >= 4 is 6.72 Å². The zero-order valence-corrected chi connectivity index (χ0v) is 11.0. The lowest BCUT2D eigenvalue weighted by Gasteiger charge is -2.28. The first-order valence-corrected chi connectivity index (χ1v) is 6.12. The maximum absolute atomic E-state index is 12.7. The molecule has 2 unspecified atom stereocenters. The summed E-state index contributed by atoms with van der Waals surface area (Å²) in [5, 5.41) is 3.22. The first kappa shape index (κ1) is 15.8. The van der Waals surface area contributed by atoms with Crippen LogP contribution in [-0.2, 0) is 4.74 Å². The molecule has 108 valence electrons. The van der Waals surface area contributed by atoms with E-state index in [0.29, 0.717) is 5.92 Å². The molecule has 1 fully saturated rings. The van der Waals surface area contributed by atoms with Crippen molar-refractivity contribution in [1.82, 2.24) is 5.32 Å². The minimum Gasteiger partial charge on any atom is -0.491 e. The van der Waals surface area contributed by atoms with Gasteiger partial charge in [-0.15, -0.1) is 0 Å². The van der Waals surface area contributed by atoms with Gasteiger partial charge in [-0.05, 0) is 31.7 Å². The maximum Gasteiger partial charge on any atom is 0.437 e. The van der Waals surface area contributed by atoms with Gasteiger partial charge in [-0.3, -0.25) is 4.99 Å². The minimum atomic E-state index is -4.58. The normalized spacial score (nSPS) is 25.5. The lowest BCUT2D eigenvalue weighted by Crippen LogP contribution is -2.37. The Balaban J connectivity index is 2.68. The second kappa shape index (κ2) is 6.75. The molecule has 0 amide bonds. The molecule has 1 saturated heterocycles. The SMILES string of the molecule is C=C/C(OCC1CNCC(C)C1)=C(\N=C)C(F)(F)F. The first-order valence-electron chi connectivity index (χ1n) is 6.12. The molecule has 0 aromatic rings. The fourth-order valence-electron chi connectivity index (χ4n) is 2.14. The van der Waals surface area contributed by atoms with Crippen molar-refractivity contribution in [2.75, 3.05) is 19.7 Å². The smallest absolute Gasteiger partial charge is 0.437 e. The molecular formula is C13H19F3N2O. The quantitative estimate of drug-likeness (QED) is 0.476. The van der Waals surface area contributed by atoms with Gasteiger partial charge in [0.15, 0.2) is 5.70 Å². The van der Waals surface area contributed by atoms with Gasteiger partial charge < -0.3 is 10.1 Å². The molecule has 0 radical (unpaired) electrons. The van der Waals surface area contributed by atoms with Crippen molar-refractivity contribution in [2.45, 2.75) is 19.5 Å². The van der Waals surface area contributed by atoms with Gasteiger partial charge in [-0.2, -0.15) is 13.2 Å². The number of hydrogen-bond donors (Lipinski definition) is 1. The van der Waals surface area contributed by atoms with Crippen LogP contribution in [0.1, 0.15) is 13.3 Å². The average molecular weight is 276 g/mol. The molecule has 2 atom stereocenters. The zero-order chi connectivity index (χ0) is 14.5. The third-order valence-electron chi connectivity index (χ3n) is 2.98. The van der Waals surface area contributed by atoms with Crippen LogP contribution >= 0.6 is 0 Å². The standard InChI is InChI=1S/C13H19F3N2O/c1-4-11(12(17-3)13(14,15)16)19-8-10-5-9(2)6-18-7-10/h4,9-10,18H,1,3,5-8H2,2H3/b12-11+. The van der Waals surface area contributed by atoms with Gasteiger partial charge in [0.2, 0.25) is 0 Å². The van der Waals surface area contributed by atoms with Crippen LogP contribution in [0.3, 0.4) is 0 Å². The fourth-order valence-corrected chi connectivity index (χ4v) is 2.14. The number of alkyl halides is 3. The molecule has 0 aromatic carbocycles. The van der Waals surface area contributed by atoms with Crippen LogP contribution in [0, 0.1) is 11.8 Å². The Bertz CT molecular complexity index is 363. The van der Waals surface area contributed by atoms with Crippen LogP contribution < -0.4 is 5.32 Å². The van der Waals surface area contributed by atoms with E-state index < -0.39 is 11.9 Å². The highest BCUT2D eigenvalue weighted by Gasteiger charge is 2.36. The summed E-state index contributed by atoms with van der Waals surface area (Å²) in [6, 6.07) is 0. The van der Waals surface area contributed by atoms with E-state index in [9.17, 15) is 13.2 Å². The first-order chi connectivity index (χ1) is 8.88. The Labute approximate surface area is 111 Å². The van der Waals surface area contributed by atoms with E-state index in [-0.39, 0.29) is 18.3 Å². The van der Waals surface area contributed by atoms with E-state index in [0.717, 1.165) is 25.6 Å². The number of nitrogens with one attached hydrogen (secondary N) is 1. The molecule has 1 aliphatic rings. The van der Waals surface area contributed by atoms with Gasteiger partial charge in [0, 0.05) is 12.5 Å². The Kier molecular flexibility index (Phi) is 5.60. The molecule has 1 aliphatic heterocycles. The van der Waals surface area contributed by atoms with Gasteiger partial charge in [-0.1, -0.05) is 13.5 Å². The highest BCUT2D eigenvalue weighted by molar-refractivity contribution is 5.34. The van der Waals surface area contributed by atoms with E-state index in [1.807, 2.05) is 0 Å². The van der Waals surface area contributed by atoms with Crippen molar-refractivity contribution in [2.24, 2.45) is 16.8 Å². The van der Waals surface area contributed by atoms with Gasteiger partial charge >= 0.3 is 6.18 Å². The number of nitrogens with zero attached hydrogens (tertiary/aromatic N) is 1. The van der Waals surface area contributed by atoms with Gasteiger partial charge in [0.05, 0.1) is 6.61 Å². The van der Waals surface area contributed by atoms with Crippen LogP contribution in [-0.4, -0.2) is 32.6 Å². The molecule has 0 bridgehead atoms. The van der Waals surface area contributed by atoms with Crippen molar-refractivity contribution in [3.63, 3.8) is 0 Å². The number of ether oxygens (including phenoxy) is 1. The molecule has 3 nitrogen and oxygen atoms in total. The van der Waals surface area contributed by atoms with Gasteiger partial charge in [0.25, 0.3) is 0 Å². The topological polar surface area (TPSA) is 33.6 Å². The summed E-state index contributed by atoms with van der Waals surface area (Å²) in [6.07, 6.45) is -2.62. The third kappa shape index (κ3) is 4.70. The number of allylic oxidation sites excluding steroid dienone is 2. The molecule has 1 heterocycles. The molecule has 0 saturated carbocycles. The minimum absolute atomic E-state index is 0.193. The molecular weight excluding hydrogens is 257 g/mol. The van der Waals surface area contributed by atoms with Crippen LogP contribution in [0.15, 0.2) is 29.1 Å². The molecule has 6 heteroatoms. The number of hydrogen-bond acceptors (Lipinski definition) is 3. The van der Waals surface area contributed by atoms with Gasteiger partial charge in [0.1, 0.15) is 5.76 Å². The van der Waals surface area contributed by atoms with Crippen molar-refractivity contribution < 1.29 is 17.9 Å². The van der Waals surface area contributed by atoms with E-state index in [1.165, 1.54) is 0 Å². The average Bonchev–Trinajstić information content (AvgIpc) is 2.32.